The van der Waals surface area contributed by atoms with Crippen LogP contribution in [-0.2, 0) is 25.7 Å². The van der Waals surface area contributed by atoms with Crippen LogP contribution in [0.4, 0.5) is 5.69 Å². The molecule has 2 saturated heterocycles. The molecule has 3 aliphatic rings. The molecule has 1 spiro atoms. The summed E-state index contributed by atoms with van der Waals surface area (Å²) < 4.78 is 11.7. The smallest absolute Gasteiger partial charge is 0.313 e. The molecule has 0 aromatic heterocycles. The van der Waals surface area contributed by atoms with Gasteiger partial charge in [0.05, 0.1) is 18.6 Å². The van der Waals surface area contributed by atoms with Gasteiger partial charge in [-0.15, -0.1) is 0 Å². The molecular formula is C23H20ClNO4. The maximum Gasteiger partial charge on any atom is 0.313 e. The third kappa shape index (κ3) is 2.88. The Morgan fingerprint density at radius 3 is 2.83 bits per heavy atom. The quantitative estimate of drug-likeness (QED) is 0.571. The highest BCUT2D eigenvalue weighted by atomic mass is 35.5. The number of rotatable bonds is 4. The van der Waals surface area contributed by atoms with E-state index >= 15 is 0 Å². The number of esters is 1. The first-order valence-electron chi connectivity index (χ1n) is 9.64. The van der Waals surface area contributed by atoms with Crippen molar-refractivity contribution in [3.05, 3.63) is 76.8 Å². The summed E-state index contributed by atoms with van der Waals surface area (Å²) in [7, 11) is 0. The van der Waals surface area contributed by atoms with Crippen molar-refractivity contribution in [1.29, 1.82) is 0 Å². The van der Waals surface area contributed by atoms with E-state index in [0.29, 0.717) is 11.6 Å². The fraction of sp³-hybridized carbons (Fsp3) is 0.304. The number of anilines is 1. The van der Waals surface area contributed by atoms with Gasteiger partial charge in [-0.2, -0.15) is 0 Å². The van der Waals surface area contributed by atoms with E-state index in [1.54, 1.807) is 11.0 Å². The zero-order chi connectivity index (χ0) is 20.2. The normalized spacial score (nSPS) is 29.4. The Morgan fingerprint density at radius 2 is 2.07 bits per heavy atom. The molecule has 3 aliphatic heterocycles. The maximum absolute atomic E-state index is 13.3. The standard InChI is InChI=1S/C23H20ClNO4/c1-14-11-16(7-8-17(14)24)25-13-23-10-9-18(29-23)19(20(23)21(25)26)22(27)28-12-15-5-3-2-4-6-15/h2-11,18-20H,12-13H2,1H3/t18-,19-,20-,23-/m1/s1. The molecule has 148 valence electrons. The monoisotopic (exact) mass is 409 g/mol. The summed E-state index contributed by atoms with van der Waals surface area (Å²) in [5, 5.41) is 0.651. The topological polar surface area (TPSA) is 55.8 Å². The molecule has 2 bridgehead atoms. The summed E-state index contributed by atoms with van der Waals surface area (Å²) >= 11 is 6.13. The van der Waals surface area contributed by atoms with Crippen LogP contribution in [0.15, 0.2) is 60.7 Å². The number of aryl methyl sites for hydroxylation is 1. The van der Waals surface area contributed by atoms with E-state index in [9.17, 15) is 9.59 Å². The Bertz CT molecular complexity index is 1020. The van der Waals surface area contributed by atoms with Crippen LogP contribution in [0, 0.1) is 18.8 Å². The molecule has 29 heavy (non-hydrogen) atoms. The minimum atomic E-state index is -0.772. The Labute approximate surface area is 173 Å². The lowest BCUT2D eigenvalue weighted by Crippen LogP contribution is -2.40. The number of nitrogens with zero attached hydrogens (tertiary/aromatic N) is 1. The lowest BCUT2D eigenvalue weighted by Gasteiger charge is -2.22. The molecule has 4 atom stereocenters. The minimum absolute atomic E-state index is 0.111. The van der Waals surface area contributed by atoms with Gasteiger partial charge in [-0.1, -0.05) is 54.1 Å². The van der Waals surface area contributed by atoms with E-state index < -0.39 is 29.5 Å². The Morgan fingerprint density at radius 1 is 1.28 bits per heavy atom. The third-order valence-corrected chi connectivity index (χ3v) is 6.47. The molecule has 1 amide bonds. The predicted octanol–water partition coefficient (Wildman–Crippen LogP) is 3.68. The molecule has 3 heterocycles. The van der Waals surface area contributed by atoms with Gasteiger partial charge < -0.3 is 14.4 Å². The fourth-order valence-electron chi connectivity index (χ4n) is 4.61. The number of benzene rings is 2. The van der Waals surface area contributed by atoms with Gasteiger partial charge in [0.15, 0.2) is 0 Å². The van der Waals surface area contributed by atoms with Crippen molar-refractivity contribution in [1.82, 2.24) is 0 Å². The SMILES string of the molecule is Cc1cc(N2C[C@@]34C=C[C@@H](O3)[C@@H](C(=O)OCc3ccccc3)[C@@H]4C2=O)ccc1Cl. The highest BCUT2D eigenvalue weighted by Crippen LogP contribution is 2.53. The van der Waals surface area contributed by atoms with Crippen LogP contribution >= 0.6 is 11.6 Å². The first kappa shape index (κ1) is 18.4. The molecule has 2 fully saturated rings. The zero-order valence-corrected chi connectivity index (χ0v) is 16.6. The summed E-state index contributed by atoms with van der Waals surface area (Å²) in [4.78, 5) is 27.9. The van der Waals surface area contributed by atoms with Crippen LogP contribution in [0.25, 0.3) is 0 Å². The van der Waals surface area contributed by atoms with Crippen molar-refractivity contribution in [3.8, 4) is 0 Å². The van der Waals surface area contributed by atoms with Crippen molar-refractivity contribution < 1.29 is 19.1 Å². The highest BCUT2D eigenvalue weighted by Gasteiger charge is 2.67. The van der Waals surface area contributed by atoms with Crippen LogP contribution in [0.2, 0.25) is 5.02 Å². The second-order valence-corrected chi connectivity index (χ2v) is 8.26. The molecule has 5 rings (SSSR count). The van der Waals surface area contributed by atoms with Crippen LogP contribution in [0.1, 0.15) is 11.1 Å². The van der Waals surface area contributed by atoms with Crippen LogP contribution in [0.3, 0.4) is 0 Å². The number of halogens is 1. The highest BCUT2D eigenvalue weighted by molar-refractivity contribution is 6.31. The minimum Gasteiger partial charge on any atom is -0.460 e. The largest absolute Gasteiger partial charge is 0.460 e. The first-order valence-corrected chi connectivity index (χ1v) is 10.0. The second-order valence-electron chi connectivity index (χ2n) is 7.85. The van der Waals surface area contributed by atoms with Crippen LogP contribution in [-0.4, -0.2) is 30.1 Å². The zero-order valence-electron chi connectivity index (χ0n) is 15.9. The summed E-state index contributed by atoms with van der Waals surface area (Å²) in [6, 6.07) is 15.0. The van der Waals surface area contributed by atoms with Crippen molar-refractivity contribution >= 4 is 29.2 Å². The van der Waals surface area contributed by atoms with Crippen molar-refractivity contribution in [3.63, 3.8) is 0 Å². The molecule has 5 nitrogen and oxygen atoms in total. The number of hydrogen-bond donors (Lipinski definition) is 0. The van der Waals surface area contributed by atoms with E-state index in [0.717, 1.165) is 16.8 Å². The van der Waals surface area contributed by atoms with Crippen LogP contribution < -0.4 is 4.90 Å². The maximum atomic E-state index is 13.3. The van der Waals surface area contributed by atoms with Gasteiger partial charge in [0, 0.05) is 10.7 Å². The van der Waals surface area contributed by atoms with E-state index in [2.05, 4.69) is 0 Å². The predicted molar refractivity (Wildman–Crippen MR) is 109 cm³/mol. The summed E-state index contributed by atoms with van der Waals surface area (Å²) in [6.45, 7) is 2.46. The Hall–Kier alpha value is -2.63. The summed E-state index contributed by atoms with van der Waals surface area (Å²) in [6.07, 6.45) is 3.40. The number of amides is 1. The summed E-state index contributed by atoms with van der Waals surface area (Å²) in [5.41, 5.74) is 1.79. The van der Waals surface area contributed by atoms with Gasteiger partial charge in [0.25, 0.3) is 0 Å². The van der Waals surface area contributed by atoms with E-state index in [-0.39, 0.29) is 12.5 Å². The van der Waals surface area contributed by atoms with Crippen molar-refractivity contribution in [2.24, 2.45) is 11.8 Å². The van der Waals surface area contributed by atoms with Gasteiger partial charge in [-0.3, -0.25) is 9.59 Å². The van der Waals surface area contributed by atoms with Gasteiger partial charge in [-0.25, -0.2) is 0 Å². The molecule has 0 N–H and O–H groups in total. The van der Waals surface area contributed by atoms with E-state index in [4.69, 9.17) is 21.1 Å². The van der Waals surface area contributed by atoms with Crippen molar-refractivity contribution in [2.75, 3.05) is 11.4 Å². The Kier molecular flexibility index (Phi) is 4.26. The van der Waals surface area contributed by atoms with Gasteiger partial charge >= 0.3 is 5.97 Å². The number of hydrogen-bond acceptors (Lipinski definition) is 4. The fourth-order valence-corrected chi connectivity index (χ4v) is 4.73. The average molecular weight is 410 g/mol. The molecule has 6 heteroatoms. The number of carbonyl (C=O) groups excluding carboxylic acids is 2. The van der Waals surface area contributed by atoms with Crippen molar-refractivity contribution in [2.45, 2.75) is 25.2 Å². The van der Waals surface area contributed by atoms with Gasteiger partial charge in [-0.05, 0) is 36.2 Å². The average Bonchev–Trinajstić information content (AvgIpc) is 3.37. The first-order chi connectivity index (χ1) is 14.0. The second kappa shape index (κ2) is 6.71. The molecule has 2 aromatic carbocycles. The lowest BCUT2D eigenvalue weighted by molar-refractivity contribution is -0.153. The molecule has 0 saturated carbocycles. The van der Waals surface area contributed by atoms with Gasteiger partial charge in [0.1, 0.15) is 18.1 Å². The number of carbonyl (C=O) groups is 2. The third-order valence-electron chi connectivity index (χ3n) is 6.05. The molecule has 0 radical (unpaired) electrons. The van der Waals surface area contributed by atoms with Crippen LogP contribution in [0.5, 0.6) is 0 Å². The summed E-state index contributed by atoms with van der Waals surface area (Å²) in [5.74, 6) is -1.70. The van der Waals surface area contributed by atoms with E-state index in [1.807, 2.05) is 61.5 Å². The Balaban J connectivity index is 1.39. The van der Waals surface area contributed by atoms with E-state index in [1.165, 1.54) is 0 Å². The number of ether oxygens (including phenoxy) is 2. The molecule has 2 aromatic rings. The lowest BCUT2D eigenvalue weighted by atomic mass is 9.77. The molecule has 0 unspecified atom stereocenters. The van der Waals surface area contributed by atoms with Gasteiger partial charge in [0.2, 0.25) is 5.91 Å². The molecular weight excluding hydrogens is 390 g/mol. The number of fused-ring (bicyclic) bond motifs is 1. The molecule has 0 aliphatic carbocycles.